The Balaban J connectivity index is 1.69. The lowest BCUT2D eigenvalue weighted by atomic mass is 10.1. The Morgan fingerprint density at radius 1 is 1.08 bits per heavy atom. The van der Waals surface area contributed by atoms with Crippen molar-refractivity contribution in [1.82, 2.24) is 14.9 Å². The first-order chi connectivity index (χ1) is 11.6. The van der Waals surface area contributed by atoms with Gasteiger partial charge in [0.1, 0.15) is 5.82 Å². The maximum atomic E-state index is 4.48. The van der Waals surface area contributed by atoms with Crippen molar-refractivity contribution >= 4 is 5.69 Å². The highest BCUT2D eigenvalue weighted by Gasteiger charge is 2.05. The number of benzene rings is 2. The van der Waals surface area contributed by atoms with Crippen molar-refractivity contribution in [3.63, 3.8) is 0 Å². The minimum absolute atomic E-state index is 0.680. The Labute approximate surface area is 143 Å². The van der Waals surface area contributed by atoms with Crippen LogP contribution in [0.3, 0.4) is 0 Å². The molecule has 124 valence electrons. The van der Waals surface area contributed by atoms with Crippen LogP contribution in [0.25, 0.3) is 11.3 Å². The van der Waals surface area contributed by atoms with Crippen molar-refractivity contribution in [1.29, 1.82) is 0 Å². The van der Waals surface area contributed by atoms with Crippen molar-refractivity contribution < 1.29 is 0 Å². The molecule has 4 nitrogen and oxygen atoms in total. The molecule has 0 saturated carbocycles. The lowest BCUT2D eigenvalue weighted by Crippen LogP contribution is -2.11. The molecule has 0 aliphatic rings. The third kappa shape index (κ3) is 4.03. The molecule has 3 aromatic rings. The fourth-order valence-electron chi connectivity index (χ4n) is 2.72. The quantitative estimate of drug-likeness (QED) is 0.720. The summed E-state index contributed by atoms with van der Waals surface area (Å²) < 4.78 is 0. The molecule has 1 aromatic heterocycles. The van der Waals surface area contributed by atoms with E-state index in [2.05, 4.69) is 71.5 Å². The highest BCUT2D eigenvalue weighted by atomic mass is 15.0. The lowest BCUT2D eigenvalue weighted by Gasteiger charge is -2.13. The molecule has 0 aliphatic heterocycles. The first kappa shape index (κ1) is 16.3. The molecule has 24 heavy (non-hydrogen) atoms. The molecule has 0 bridgehead atoms. The van der Waals surface area contributed by atoms with Crippen LogP contribution in [0.1, 0.15) is 17.0 Å². The summed E-state index contributed by atoms with van der Waals surface area (Å²) in [7, 11) is 4.17. The standard InChI is InChI=1S/C20H24N4/c1-15-9-10-16(14-24(2)3)11-18(15)21-13-20-22-12-19(23-20)17-7-5-4-6-8-17/h4-12,21H,13-14H2,1-3H3,(H,22,23). The molecule has 2 N–H and O–H groups in total. The smallest absolute Gasteiger partial charge is 0.125 e. The number of imidazole rings is 1. The van der Waals surface area contributed by atoms with E-state index in [1.165, 1.54) is 11.1 Å². The van der Waals surface area contributed by atoms with E-state index in [1.807, 2.05) is 24.4 Å². The van der Waals surface area contributed by atoms with E-state index in [4.69, 9.17) is 0 Å². The van der Waals surface area contributed by atoms with Crippen molar-refractivity contribution in [3.8, 4) is 11.3 Å². The molecule has 0 radical (unpaired) electrons. The Morgan fingerprint density at radius 2 is 1.88 bits per heavy atom. The van der Waals surface area contributed by atoms with Gasteiger partial charge in [-0.2, -0.15) is 0 Å². The van der Waals surface area contributed by atoms with Gasteiger partial charge in [-0.3, -0.25) is 0 Å². The highest BCUT2D eigenvalue weighted by molar-refractivity contribution is 5.58. The Hall–Kier alpha value is -2.59. The first-order valence-electron chi connectivity index (χ1n) is 8.19. The molecule has 0 spiro atoms. The van der Waals surface area contributed by atoms with E-state index in [-0.39, 0.29) is 0 Å². The maximum Gasteiger partial charge on any atom is 0.125 e. The monoisotopic (exact) mass is 320 g/mol. The molecule has 3 rings (SSSR count). The Bertz CT molecular complexity index is 790. The van der Waals surface area contributed by atoms with Gasteiger partial charge < -0.3 is 15.2 Å². The lowest BCUT2D eigenvalue weighted by molar-refractivity contribution is 0.402. The summed E-state index contributed by atoms with van der Waals surface area (Å²) in [5.74, 6) is 0.936. The van der Waals surface area contributed by atoms with Gasteiger partial charge in [-0.15, -0.1) is 0 Å². The van der Waals surface area contributed by atoms with E-state index in [1.54, 1.807) is 0 Å². The van der Waals surface area contributed by atoms with Crippen LogP contribution in [-0.2, 0) is 13.1 Å². The van der Waals surface area contributed by atoms with Gasteiger partial charge in [0, 0.05) is 12.2 Å². The highest BCUT2D eigenvalue weighted by Crippen LogP contribution is 2.20. The van der Waals surface area contributed by atoms with Gasteiger partial charge in [-0.25, -0.2) is 4.98 Å². The van der Waals surface area contributed by atoms with Gasteiger partial charge in [0.05, 0.1) is 18.4 Å². The summed E-state index contributed by atoms with van der Waals surface area (Å²) in [5, 5.41) is 3.50. The number of hydrogen-bond acceptors (Lipinski definition) is 3. The molecule has 0 saturated heterocycles. The second-order valence-corrected chi connectivity index (χ2v) is 6.35. The minimum Gasteiger partial charge on any atom is -0.378 e. The van der Waals surface area contributed by atoms with Gasteiger partial charge in [0.2, 0.25) is 0 Å². The molecule has 0 amide bonds. The topological polar surface area (TPSA) is 44.0 Å². The van der Waals surface area contributed by atoms with Crippen LogP contribution in [0, 0.1) is 6.92 Å². The van der Waals surface area contributed by atoms with Crippen LogP contribution in [0.4, 0.5) is 5.69 Å². The number of aromatic nitrogens is 2. The molecule has 0 aliphatic carbocycles. The second kappa shape index (κ2) is 7.32. The van der Waals surface area contributed by atoms with Crippen molar-refractivity contribution in [2.75, 3.05) is 19.4 Å². The molecule has 0 fully saturated rings. The largest absolute Gasteiger partial charge is 0.378 e. The fraction of sp³-hybridized carbons (Fsp3) is 0.250. The number of rotatable bonds is 6. The Kier molecular flexibility index (Phi) is 4.96. The summed E-state index contributed by atoms with van der Waals surface area (Å²) in [6, 6.07) is 16.8. The predicted octanol–water partition coefficient (Wildman–Crippen LogP) is 4.06. The number of hydrogen-bond donors (Lipinski definition) is 2. The molecule has 4 heteroatoms. The first-order valence-corrected chi connectivity index (χ1v) is 8.19. The summed E-state index contributed by atoms with van der Waals surface area (Å²) in [4.78, 5) is 10.0. The van der Waals surface area contributed by atoms with Crippen LogP contribution < -0.4 is 5.32 Å². The number of H-pyrrole nitrogens is 1. The fourth-order valence-corrected chi connectivity index (χ4v) is 2.72. The van der Waals surface area contributed by atoms with E-state index < -0.39 is 0 Å². The number of aromatic amines is 1. The van der Waals surface area contributed by atoms with Gasteiger partial charge in [-0.05, 0) is 43.8 Å². The summed E-state index contributed by atoms with van der Waals surface area (Å²) in [6.45, 7) is 3.74. The van der Waals surface area contributed by atoms with Crippen LogP contribution in [-0.4, -0.2) is 29.0 Å². The number of nitrogens with one attached hydrogen (secondary N) is 2. The van der Waals surface area contributed by atoms with Crippen molar-refractivity contribution in [2.24, 2.45) is 0 Å². The van der Waals surface area contributed by atoms with Crippen LogP contribution in [0.2, 0.25) is 0 Å². The third-order valence-electron chi connectivity index (χ3n) is 3.96. The average Bonchev–Trinajstić information content (AvgIpc) is 3.05. The van der Waals surface area contributed by atoms with Gasteiger partial charge in [0.15, 0.2) is 0 Å². The van der Waals surface area contributed by atoms with E-state index >= 15 is 0 Å². The van der Waals surface area contributed by atoms with Gasteiger partial charge >= 0.3 is 0 Å². The summed E-state index contributed by atoms with van der Waals surface area (Å²) >= 11 is 0. The molecule has 0 atom stereocenters. The zero-order chi connectivity index (χ0) is 16.9. The zero-order valence-corrected chi connectivity index (χ0v) is 14.5. The second-order valence-electron chi connectivity index (χ2n) is 6.35. The maximum absolute atomic E-state index is 4.48. The van der Waals surface area contributed by atoms with Crippen molar-refractivity contribution in [3.05, 3.63) is 71.7 Å². The van der Waals surface area contributed by atoms with Gasteiger partial charge in [0.25, 0.3) is 0 Å². The molecule has 2 aromatic carbocycles. The van der Waals surface area contributed by atoms with Crippen molar-refractivity contribution in [2.45, 2.75) is 20.0 Å². The minimum atomic E-state index is 0.680. The molecular weight excluding hydrogens is 296 g/mol. The zero-order valence-electron chi connectivity index (χ0n) is 14.5. The van der Waals surface area contributed by atoms with E-state index in [9.17, 15) is 0 Å². The average molecular weight is 320 g/mol. The number of nitrogens with zero attached hydrogens (tertiary/aromatic N) is 2. The predicted molar refractivity (Wildman–Crippen MR) is 99.9 cm³/mol. The Morgan fingerprint density at radius 3 is 2.62 bits per heavy atom. The van der Waals surface area contributed by atoms with E-state index in [0.29, 0.717) is 6.54 Å². The van der Waals surface area contributed by atoms with Gasteiger partial charge in [-0.1, -0.05) is 42.5 Å². The van der Waals surface area contributed by atoms with Crippen LogP contribution >= 0.6 is 0 Å². The van der Waals surface area contributed by atoms with E-state index in [0.717, 1.165) is 29.3 Å². The SMILES string of the molecule is Cc1ccc(CN(C)C)cc1NCc1ncc(-c2ccccc2)[nH]1. The normalized spacial score (nSPS) is 11.0. The summed E-state index contributed by atoms with van der Waals surface area (Å²) in [5.41, 5.74) is 5.91. The third-order valence-corrected chi connectivity index (χ3v) is 3.96. The van der Waals surface area contributed by atoms with Crippen LogP contribution in [0.5, 0.6) is 0 Å². The molecule has 1 heterocycles. The number of anilines is 1. The number of aryl methyl sites for hydroxylation is 1. The molecule has 0 unspecified atom stereocenters. The molecular formula is C20H24N4. The summed E-state index contributed by atoms with van der Waals surface area (Å²) in [6.07, 6.45) is 1.89. The van der Waals surface area contributed by atoms with Crippen LogP contribution in [0.15, 0.2) is 54.7 Å².